The van der Waals surface area contributed by atoms with Crippen LogP contribution in [0.2, 0.25) is 5.02 Å². The summed E-state index contributed by atoms with van der Waals surface area (Å²) in [7, 11) is -2.43. The first-order valence-corrected chi connectivity index (χ1v) is 11.8. The van der Waals surface area contributed by atoms with Gasteiger partial charge in [-0.15, -0.1) is 0 Å². The monoisotopic (exact) mass is 468 g/mol. The Balaban J connectivity index is 2.25. The summed E-state index contributed by atoms with van der Waals surface area (Å²) in [6.45, 7) is 9.08. The van der Waals surface area contributed by atoms with Crippen LogP contribution in [0.1, 0.15) is 50.7 Å². The highest BCUT2D eigenvalue weighted by atomic mass is 35.5. The number of anilines is 2. The lowest BCUT2D eigenvalue weighted by atomic mass is 9.92. The molecular weight excluding hydrogens is 440 g/mol. The molecule has 170 valence electrons. The third-order valence-corrected chi connectivity index (χ3v) is 5.86. The summed E-state index contributed by atoms with van der Waals surface area (Å²) in [5.74, 6) is 0.420. The van der Waals surface area contributed by atoms with Crippen LogP contribution in [0.25, 0.3) is 0 Å². The van der Waals surface area contributed by atoms with Gasteiger partial charge < -0.3 is 16.0 Å². The van der Waals surface area contributed by atoms with Gasteiger partial charge in [0.2, 0.25) is 0 Å². The SMILES string of the molecule is CNCCNc1cncc(S(=O)(=O)NC(=O)Nc2c(C(C)C)cc(Cl)cc2C(C)C)n1. The van der Waals surface area contributed by atoms with Crippen molar-refractivity contribution in [1.29, 1.82) is 0 Å². The largest absolute Gasteiger partial charge is 0.367 e. The number of likely N-dealkylation sites (N-methyl/N-ethyl adjacent to an activating group) is 1. The summed E-state index contributed by atoms with van der Waals surface area (Å²) in [4.78, 5) is 20.5. The van der Waals surface area contributed by atoms with Crippen molar-refractivity contribution in [3.8, 4) is 0 Å². The van der Waals surface area contributed by atoms with Gasteiger partial charge in [-0.25, -0.2) is 14.5 Å². The molecule has 11 heteroatoms. The number of rotatable bonds is 9. The van der Waals surface area contributed by atoms with E-state index in [4.69, 9.17) is 11.6 Å². The predicted octanol–water partition coefficient (Wildman–Crippen LogP) is 3.52. The third kappa shape index (κ3) is 6.78. The van der Waals surface area contributed by atoms with Crippen LogP contribution < -0.4 is 20.7 Å². The number of benzene rings is 1. The molecule has 0 aliphatic rings. The number of nitrogens with one attached hydrogen (secondary N) is 4. The van der Waals surface area contributed by atoms with Crippen LogP contribution in [0, 0.1) is 0 Å². The zero-order valence-corrected chi connectivity index (χ0v) is 19.9. The number of carbonyl (C=O) groups is 1. The van der Waals surface area contributed by atoms with Crippen molar-refractivity contribution in [2.45, 2.75) is 44.6 Å². The van der Waals surface area contributed by atoms with Gasteiger partial charge in [-0.05, 0) is 42.1 Å². The molecule has 2 aromatic rings. The second-order valence-corrected chi connectivity index (χ2v) is 9.67. The maximum absolute atomic E-state index is 12.7. The molecule has 0 saturated carbocycles. The number of halogens is 1. The minimum Gasteiger partial charge on any atom is -0.367 e. The number of aromatic nitrogens is 2. The zero-order valence-electron chi connectivity index (χ0n) is 18.3. The fraction of sp³-hybridized carbons (Fsp3) is 0.450. The van der Waals surface area contributed by atoms with Gasteiger partial charge in [-0.2, -0.15) is 8.42 Å². The van der Waals surface area contributed by atoms with Gasteiger partial charge in [0, 0.05) is 23.8 Å². The van der Waals surface area contributed by atoms with Crippen molar-refractivity contribution in [1.82, 2.24) is 20.0 Å². The quantitative estimate of drug-likeness (QED) is 0.415. The fourth-order valence-electron chi connectivity index (χ4n) is 2.90. The van der Waals surface area contributed by atoms with Gasteiger partial charge in [0.05, 0.1) is 12.4 Å². The number of urea groups is 1. The van der Waals surface area contributed by atoms with Gasteiger partial charge in [0.1, 0.15) is 5.82 Å². The molecule has 0 radical (unpaired) electrons. The second kappa shape index (κ2) is 10.7. The van der Waals surface area contributed by atoms with E-state index in [1.54, 1.807) is 19.2 Å². The Morgan fingerprint density at radius 1 is 1.06 bits per heavy atom. The fourth-order valence-corrected chi connectivity index (χ4v) is 3.95. The third-order valence-electron chi connectivity index (χ3n) is 4.44. The molecule has 1 aromatic carbocycles. The highest BCUT2D eigenvalue weighted by Crippen LogP contribution is 2.35. The Bertz CT molecular complexity index is 998. The van der Waals surface area contributed by atoms with Crippen LogP contribution >= 0.6 is 11.6 Å². The Hall–Kier alpha value is -2.43. The summed E-state index contributed by atoms with van der Waals surface area (Å²) in [5.41, 5.74) is 2.19. The molecule has 2 amide bonds. The molecule has 1 heterocycles. The minimum atomic E-state index is -4.22. The van der Waals surface area contributed by atoms with Crippen LogP contribution in [0.4, 0.5) is 16.3 Å². The lowest BCUT2D eigenvalue weighted by Gasteiger charge is -2.21. The van der Waals surface area contributed by atoms with Gasteiger partial charge in [-0.3, -0.25) is 4.98 Å². The van der Waals surface area contributed by atoms with E-state index < -0.39 is 16.1 Å². The Morgan fingerprint density at radius 3 is 2.23 bits per heavy atom. The van der Waals surface area contributed by atoms with E-state index in [-0.39, 0.29) is 16.9 Å². The number of hydrogen-bond donors (Lipinski definition) is 4. The Kier molecular flexibility index (Phi) is 8.60. The maximum atomic E-state index is 12.7. The smallest absolute Gasteiger partial charge is 0.333 e. The van der Waals surface area contributed by atoms with Crippen molar-refractivity contribution < 1.29 is 13.2 Å². The molecule has 0 atom stereocenters. The van der Waals surface area contributed by atoms with E-state index in [1.165, 1.54) is 6.20 Å². The molecule has 4 N–H and O–H groups in total. The summed E-state index contributed by atoms with van der Waals surface area (Å²) in [5, 5.41) is 8.80. The average Bonchev–Trinajstić information content (AvgIpc) is 2.68. The minimum absolute atomic E-state index is 0.0642. The molecule has 0 aliphatic carbocycles. The predicted molar refractivity (Wildman–Crippen MR) is 123 cm³/mol. The Morgan fingerprint density at radius 2 is 1.68 bits per heavy atom. The first kappa shape index (κ1) is 24.8. The lowest BCUT2D eigenvalue weighted by molar-refractivity contribution is 0.256. The van der Waals surface area contributed by atoms with Gasteiger partial charge in [0.15, 0.2) is 5.03 Å². The van der Waals surface area contributed by atoms with Gasteiger partial charge >= 0.3 is 6.03 Å². The number of hydrogen-bond acceptors (Lipinski definition) is 7. The molecule has 0 bridgehead atoms. The summed E-state index contributed by atoms with van der Waals surface area (Å²) in [6, 6.07) is 2.66. The van der Waals surface area contributed by atoms with E-state index in [0.29, 0.717) is 29.6 Å². The van der Waals surface area contributed by atoms with E-state index >= 15 is 0 Å². The van der Waals surface area contributed by atoms with Crippen molar-refractivity contribution >= 4 is 39.2 Å². The molecule has 2 rings (SSSR count). The molecule has 0 saturated heterocycles. The number of sulfonamides is 1. The van der Waals surface area contributed by atoms with E-state index in [9.17, 15) is 13.2 Å². The second-order valence-electron chi connectivity index (χ2n) is 7.60. The first-order chi connectivity index (χ1) is 14.5. The van der Waals surface area contributed by atoms with E-state index in [0.717, 1.165) is 17.3 Å². The maximum Gasteiger partial charge on any atom is 0.333 e. The van der Waals surface area contributed by atoms with Crippen LogP contribution in [0.3, 0.4) is 0 Å². The summed E-state index contributed by atoms with van der Waals surface area (Å²) >= 11 is 6.24. The number of amides is 2. The molecule has 31 heavy (non-hydrogen) atoms. The Labute approximate surface area is 188 Å². The van der Waals surface area contributed by atoms with Crippen LogP contribution in [-0.4, -0.2) is 44.6 Å². The molecular formula is C20H29ClN6O3S. The lowest BCUT2D eigenvalue weighted by Crippen LogP contribution is -2.35. The molecule has 1 aromatic heterocycles. The molecule has 0 fully saturated rings. The number of carbonyl (C=O) groups excluding carboxylic acids is 1. The van der Waals surface area contributed by atoms with Crippen molar-refractivity contribution in [3.63, 3.8) is 0 Å². The average molecular weight is 469 g/mol. The van der Waals surface area contributed by atoms with Crippen LogP contribution in [0.5, 0.6) is 0 Å². The first-order valence-electron chi connectivity index (χ1n) is 9.92. The van der Waals surface area contributed by atoms with E-state index in [1.807, 2.05) is 32.4 Å². The topological polar surface area (TPSA) is 125 Å². The van der Waals surface area contributed by atoms with Crippen molar-refractivity contribution in [3.05, 3.63) is 40.7 Å². The molecule has 9 nitrogen and oxygen atoms in total. The summed E-state index contributed by atoms with van der Waals surface area (Å²) < 4.78 is 27.4. The number of nitrogens with zero attached hydrogens (tertiary/aromatic N) is 2. The highest BCUT2D eigenvalue weighted by molar-refractivity contribution is 7.90. The highest BCUT2D eigenvalue weighted by Gasteiger charge is 2.23. The van der Waals surface area contributed by atoms with E-state index in [2.05, 4.69) is 25.9 Å². The van der Waals surface area contributed by atoms with Crippen molar-refractivity contribution in [2.75, 3.05) is 30.8 Å². The van der Waals surface area contributed by atoms with Crippen LogP contribution in [-0.2, 0) is 10.0 Å². The normalized spacial score (nSPS) is 11.6. The summed E-state index contributed by atoms with van der Waals surface area (Å²) in [6.07, 6.45) is 2.49. The van der Waals surface area contributed by atoms with Crippen molar-refractivity contribution in [2.24, 2.45) is 0 Å². The molecule has 0 aliphatic heterocycles. The standard InChI is InChI=1S/C20H29ClN6O3S/c1-12(2)15-8-14(21)9-16(13(3)4)19(15)26-20(28)27-31(29,30)18-11-23-10-17(25-18)24-7-6-22-5/h8-13,22H,6-7H2,1-5H3,(H,24,25)(H2,26,27,28). The zero-order chi connectivity index (χ0) is 23.2. The van der Waals surface area contributed by atoms with Gasteiger partial charge in [-0.1, -0.05) is 39.3 Å². The van der Waals surface area contributed by atoms with Crippen LogP contribution in [0.15, 0.2) is 29.6 Å². The van der Waals surface area contributed by atoms with Gasteiger partial charge in [0.25, 0.3) is 10.0 Å². The molecule has 0 unspecified atom stereocenters. The molecule has 0 spiro atoms.